The molecule has 1 heterocycles. The molecular formula is C12H19ClN2OS. The molecule has 1 aromatic rings. The van der Waals surface area contributed by atoms with E-state index in [1.54, 1.807) is 0 Å². The molecule has 3 nitrogen and oxygen atoms in total. The fraction of sp³-hybridized carbons (Fsp3) is 0.750. The topological polar surface area (TPSA) is 36.4 Å². The normalized spacial score (nSPS) is 24.9. The van der Waals surface area contributed by atoms with E-state index in [0.717, 1.165) is 15.9 Å². The van der Waals surface area contributed by atoms with Gasteiger partial charge in [-0.2, -0.15) is 0 Å². The van der Waals surface area contributed by atoms with Gasteiger partial charge in [-0.3, -0.25) is 0 Å². The summed E-state index contributed by atoms with van der Waals surface area (Å²) >= 11 is 7.46. The lowest BCUT2D eigenvalue weighted by atomic mass is 9.87. The van der Waals surface area contributed by atoms with Crippen LogP contribution in [0.5, 0.6) is 0 Å². The zero-order chi connectivity index (χ0) is 12.4. The molecule has 0 aromatic carbocycles. The molecule has 0 atom stereocenters. The van der Waals surface area contributed by atoms with Crippen LogP contribution in [-0.2, 0) is 6.61 Å². The number of thiazole rings is 1. The minimum absolute atomic E-state index is 0.0218. The predicted molar refractivity (Wildman–Crippen MR) is 72.9 cm³/mol. The molecule has 1 fully saturated rings. The highest BCUT2D eigenvalue weighted by molar-refractivity contribution is 7.16. The van der Waals surface area contributed by atoms with Crippen molar-refractivity contribution in [1.29, 1.82) is 0 Å². The summed E-state index contributed by atoms with van der Waals surface area (Å²) in [4.78, 5) is 7.31. The molecule has 0 aliphatic heterocycles. The van der Waals surface area contributed by atoms with Gasteiger partial charge in [0.05, 0.1) is 11.5 Å². The summed E-state index contributed by atoms with van der Waals surface area (Å²) < 4.78 is 0. The van der Waals surface area contributed by atoms with Crippen molar-refractivity contribution in [2.45, 2.75) is 45.3 Å². The molecular weight excluding hydrogens is 256 g/mol. The third-order valence-corrected chi connectivity index (χ3v) is 5.17. The minimum Gasteiger partial charge on any atom is -0.391 e. The van der Waals surface area contributed by atoms with Gasteiger partial charge in [-0.25, -0.2) is 4.98 Å². The summed E-state index contributed by atoms with van der Waals surface area (Å²) in [5.74, 6) is 0.854. The van der Waals surface area contributed by atoms with E-state index in [2.05, 4.69) is 23.9 Å². The summed E-state index contributed by atoms with van der Waals surface area (Å²) in [5, 5.41) is 10.5. The number of aliphatic hydroxyl groups excluding tert-OH is 1. The molecule has 96 valence electrons. The maximum absolute atomic E-state index is 9.13. The summed E-state index contributed by atoms with van der Waals surface area (Å²) in [6, 6.07) is 0.569. The molecule has 5 heteroatoms. The van der Waals surface area contributed by atoms with Crippen LogP contribution < -0.4 is 4.90 Å². The first-order chi connectivity index (χ1) is 8.11. The Morgan fingerprint density at radius 1 is 1.41 bits per heavy atom. The van der Waals surface area contributed by atoms with Crippen molar-refractivity contribution < 1.29 is 5.11 Å². The van der Waals surface area contributed by atoms with E-state index in [1.165, 1.54) is 37.0 Å². The molecule has 1 saturated carbocycles. The van der Waals surface area contributed by atoms with E-state index in [9.17, 15) is 0 Å². The standard InChI is InChI=1S/C12H19ClN2OS/c1-8-3-5-9(6-4-8)15(2)12-14-11(13)10(7-16)17-12/h8-9,16H,3-7H2,1-2H3. The lowest BCUT2D eigenvalue weighted by Gasteiger charge is -2.33. The van der Waals surface area contributed by atoms with Gasteiger partial charge in [0.1, 0.15) is 5.15 Å². The predicted octanol–water partition coefficient (Wildman–Crippen LogP) is 3.30. The van der Waals surface area contributed by atoms with Crippen molar-refractivity contribution in [1.82, 2.24) is 4.98 Å². The van der Waals surface area contributed by atoms with Crippen molar-refractivity contribution in [3.63, 3.8) is 0 Å². The molecule has 1 aromatic heterocycles. The van der Waals surface area contributed by atoms with Crippen LogP contribution in [0.25, 0.3) is 0 Å². The maximum Gasteiger partial charge on any atom is 0.187 e. The quantitative estimate of drug-likeness (QED) is 0.919. The molecule has 0 bridgehead atoms. The fourth-order valence-corrected chi connectivity index (χ4v) is 3.51. The molecule has 1 aliphatic carbocycles. The van der Waals surface area contributed by atoms with E-state index in [-0.39, 0.29) is 6.61 Å². The lowest BCUT2D eigenvalue weighted by Crippen LogP contribution is -2.34. The van der Waals surface area contributed by atoms with Crippen LogP contribution in [0.4, 0.5) is 5.13 Å². The SMILES string of the molecule is CC1CCC(N(C)c2nc(Cl)c(CO)s2)CC1. The van der Waals surface area contributed by atoms with E-state index in [0.29, 0.717) is 11.2 Å². The molecule has 1 aliphatic rings. The van der Waals surface area contributed by atoms with Gasteiger partial charge in [-0.15, -0.1) is 0 Å². The first kappa shape index (κ1) is 13.1. The van der Waals surface area contributed by atoms with Gasteiger partial charge in [0.15, 0.2) is 5.13 Å². The smallest absolute Gasteiger partial charge is 0.187 e. The van der Waals surface area contributed by atoms with E-state index < -0.39 is 0 Å². The van der Waals surface area contributed by atoms with Gasteiger partial charge < -0.3 is 10.0 Å². The van der Waals surface area contributed by atoms with Crippen LogP contribution >= 0.6 is 22.9 Å². The summed E-state index contributed by atoms with van der Waals surface area (Å²) in [6.07, 6.45) is 5.04. The Bertz CT molecular complexity index is 375. The van der Waals surface area contributed by atoms with Crippen molar-refractivity contribution in [3.05, 3.63) is 10.0 Å². The summed E-state index contributed by atoms with van der Waals surface area (Å²) in [5.41, 5.74) is 0. The van der Waals surface area contributed by atoms with Crippen molar-refractivity contribution in [2.75, 3.05) is 11.9 Å². The molecule has 2 rings (SSSR count). The minimum atomic E-state index is -0.0218. The van der Waals surface area contributed by atoms with Crippen LogP contribution in [-0.4, -0.2) is 23.2 Å². The Morgan fingerprint density at radius 2 is 2.06 bits per heavy atom. The zero-order valence-electron chi connectivity index (χ0n) is 10.3. The molecule has 1 N–H and O–H groups in total. The van der Waals surface area contributed by atoms with Crippen LogP contribution in [0, 0.1) is 5.92 Å². The van der Waals surface area contributed by atoms with E-state index in [1.807, 2.05) is 0 Å². The number of halogens is 1. The number of hydrogen-bond donors (Lipinski definition) is 1. The Labute approximate surface area is 111 Å². The Morgan fingerprint density at radius 3 is 2.59 bits per heavy atom. The number of rotatable bonds is 3. The molecule has 0 spiro atoms. The number of hydrogen-bond acceptors (Lipinski definition) is 4. The highest BCUT2D eigenvalue weighted by Gasteiger charge is 2.24. The van der Waals surface area contributed by atoms with Gasteiger partial charge in [-0.05, 0) is 31.6 Å². The molecule has 0 unspecified atom stereocenters. The highest BCUT2D eigenvalue weighted by atomic mass is 35.5. The van der Waals surface area contributed by atoms with E-state index in [4.69, 9.17) is 16.7 Å². The highest BCUT2D eigenvalue weighted by Crippen LogP contribution is 2.34. The lowest BCUT2D eigenvalue weighted by molar-refractivity contribution is 0.285. The Balaban J connectivity index is 2.05. The van der Waals surface area contributed by atoms with Gasteiger partial charge in [0, 0.05) is 13.1 Å². The summed E-state index contributed by atoms with van der Waals surface area (Å²) in [6.45, 7) is 2.30. The van der Waals surface area contributed by atoms with Crippen LogP contribution in [0.2, 0.25) is 5.15 Å². The second kappa shape index (κ2) is 5.55. The van der Waals surface area contributed by atoms with Crippen molar-refractivity contribution >= 4 is 28.1 Å². The second-order valence-electron chi connectivity index (χ2n) is 4.89. The second-order valence-corrected chi connectivity index (χ2v) is 6.31. The molecule has 0 saturated heterocycles. The van der Waals surface area contributed by atoms with Gasteiger partial charge in [-0.1, -0.05) is 29.9 Å². The number of aliphatic hydroxyl groups is 1. The third kappa shape index (κ3) is 2.92. The van der Waals surface area contributed by atoms with Crippen LogP contribution in [0.3, 0.4) is 0 Å². The number of nitrogens with zero attached hydrogens (tertiary/aromatic N) is 2. The van der Waals surface area contributed by atoms with Gasteiger partial charge >= 0.3 is 0 Å². The Hall–Kier alpha value is -0.320. The third-order valence-electron chi connectivity index (χ3n) is 3.62. The van der Waals surface area contributed by atoms with Gasteiger partial charge in [0.25, 0.3) is 0 Å². The average molecular weight is 275 g/mol. The van der Waals surface area contributed by atoms with E-state index >= 15 is 0 Å². The largest absolute Gasteiger partial charge is 0.391 e. The molecule has 0 radical (unpaired) electrons. The van der Waals surface area contributed by atoms with Crippen molar-refractivity contribution in [2.24, 2.45) is 5.92 Å². The monoisotopic (exact) mass is 274 g/mol. The van der Waals surface area contributed by atoms with Gasteiger partial charge in [0.2, 0.25) is 0 Å². The van der Waals surface area contributed by atoms with Crippen LogP contribution in [0.1, 0.15) is 37.5 Å². The average Bonchev–Trinajstić information content (AvgIpc) is 2.70. The first-order valence-electron chi connectivity index (χ1n) is 6.10. The fourth-order valence-electron chi connectivity index (χ4n) is 2.36. The number of anilines is 1. The number of aromatic nitrogens is 1. The Kier molecular flexibility index (Phi) is 4.28. The van der Waals surface area contributed by atoms with Crippen molar-refractivity contribution in [3.8, 4) is 0 Å². The van der Waals surface area contributed by atoms with Crippen LogP contribution in [0.15, 0.2) is 0 Å². The summed E-state index contributed by atoms with van der Waals surface area (Å²) in [7, 11) is 2.08. The molecule has 17 heavy (non-hydrogen) atoms. The molecule has 0 amide bonds. The zero-order valence-corrected chi connectivity index (χ0v) is 11.9. The maximum atomic E-state index is 9.13. The first-order valence-corrected chi connectivity index (χ1v) is 7.30.